The van der Waals surface area contributed by atoms with Crippen molar-refractivity contribution in [2.24, 2.45) is 0 Å². The fraction of sp³-hybridized carbons (Fsp3) is 0.444. The van der Waals surface area contributed by atoms with Crippen LogP contribution in [0, 0.1) is 12.7 Å². The van der Waals surface area contributed by atoms with Crippen LogP contribution in [0.3, 0.4) is 0 Å². The SMILES string of the molecule is CC.Cc1ccc(Nc2c(C(=O)NOC3CCN(C(=O)OC(C)(C)C)CC3)cc3ccncn23)c(F)c1.[HH].[HH]. The van der Waals surface area contributed by atoms with Crippen LogP contribution in [0.25, 0.3) is 5.52 Å². The Morgan fingerprint density at radius 2 is 1.84 bits per heavy atom. The number of aryl methyl sites for hydroxylation is 1. The minimum Gasteiger partial charge on any atom is -0.444 e. The lowest BCUT2D eigenvalue weighted by atomic mass is 10.1. The zero-order valence-electron chi connectivity index (χ0n) is 22.3. The number of likely N-dealkylation sites (tertiary alicyclic amines) is 1. The molecule has 1 aliphatic rings. The average molecular weight is 518 g/mol. The van der Waals surface area contributed by atoms with Crippen molar-refractivity contribution in [3.8, 4) is 0 Å². The number of halogens is 1. The van der Waals surface area contributed by atoms with Crippen LogP contribution in [-0.4, -0.2) is 51.1 Å². The number of carbonyl (C=O) groups excluding carboxylic acids is 2. The second-order valence-corrected chi connectivity index (χ2v) is 9.61. The zero-order chi connectivity index (χ0) is 27.2. The summed E-state index contributed by atoms with van der Waals surface area (Å²) < 4.78 is 21.6. The molecule has 37 heavy (non-hydrogen) atoms. The Bertz CT molecular complexity index is 1240. The molecule has 0 aliphatic carbocycles. The summed E-state index contributed by atoms with van der Waals surface area (Å²) in [6.07, 6.45) is 3.67. The van der Waals surface area contributed by atoms with Gasteiger partial charge in [0.2, 0.25) is 0 Å². The van der Waals surface area contributed by atoms with Crippen LogP contribution < -0.4 is 10.8 Å². The van der Waals surface area contributed by atoms with Crippen molar-refractivity contribution in [3.63, 3.8) is 0 Å². The molecular weight excluding hydrogens is 477 g/mol. The fourth-order valence-electron chi connectivity index (χ4n) is 3.85. The van der Waals surface area contributed by atoms with Crippen LogP contribution in [0.1, 0.15) is 66.2 Å². The molecule has 1 fully saturated rings. The topological polar surface area (TPSA) is 97.2 Å². The molecule has 2 amide bonds. The summed E-state index contributed by atoms with van der Waals surface area (Å²) in [6, 6.07) is 8.26. The first-order valence-electron chi connectivity index (χ1n) is 12.5. The van der Waals surface area contributed by atoms with E-state index in [4.69, 9.17) is 9.57 Å². The highest BCUT2D eigenvalue weighted by molar-refractivity contribution is 6.01. The average Bonchev–Trinajstić information content (AvgIpc) is 3.23. The van der Waals surface area contributed by atoms with Gasteiger partial charge in [-0.2, -0.15) is 0 Å². The molecule has 2 aromatic heterocycles. The van der Waals surface area contributed by atoms with E-state index >= 15 is 0 Å². The molecule has 1 aliphatic heterocycles. The maximum atomic E-state index is 14.5. The highest BCUT2D eigenvalue weighted by Gasteiger charge is 2.28. The van der Waals surface area contributed by atoms with Crippen LogP contribution in [0.5, 0.6) is 0 Å². The smallest absolute Gasteiger partial charge is 0.410 e. The summed E-state index contributed by atoms with van der Waals surface area (Å²) in [5.41, 5.74) is 3.99. The normalized spacial score (nSPS) is 14.1. The molecule has 2 N–H and O–H groups in total. The van der Waals surface area contributed by atoms with E-state index in [0.29, 0.717) is 37.3 Å². The second-order valence-electron chi connectivity index (χ2n) is 9.61. The number of rotatable bonds is 5. The first kappa shape index (κ1) is 27.9. The van der Waals surface area contributed by atoms with Gasteiger partial charge in [-0.1, -0.05) is 19.9 Å². The molecule has 0 unspecified atom stereocenters. The van der Waals surface area contributed by atoms with E-state index in [-0.39, 0.29) is 26.3 Å². The fourth-order valence-corrected chi connectivity index (χ4v) is 3.85. The molecule has 0 radical (unpaired) electrons. The molecule has 204 valence electrons. The number of ether oxygens (including phenoxy) is 1. The zero-order valence-corrected chi connectivity index (χ0v) is 22.3. The van der Waals surface area contributed by atoms with Crippen LogP contribution in [0.15, 0.2) is 42.9 Å². The van der Waals surface area contributed by atoms with Gasteiger partial charge in [-0.15, -0.1) is 0 Å². The van der Waals surface area contributed by atoms with Gasteiger partial charge in [-0.05, 0) is 70.4 Å². The van der Waals surface area contributed by atoms with Gasteiger partial charge in [0.1, 0.15) is 23.6 Å². The summed E-state index contributed by atoms with van der Waals surface area (Å²) in [6.45, 7) is 12.2. The van der Waals surface area contributed by atoms with Crippen LogP contribution in [0.4, 0.5) is 20.7 Å². The first-order chi connectivity index (χ1) is 17.6. The number of nitrogens with one attached hydrogen (secondary N) is 2. The lowest BCUT2D eigenvalue weighted by Gasteiger charge is -2.33. The van der Waals surface area contributed by atoms with E-state index in [2.05, 4.69) is 15.8 Å². The van der Waals surface area contributed by atoms with Gasteiger partial charge in [0, 0.05) is 22.1 Å². The molecule has 4 rings (SSSR count). The summed E-state index contributed by atoms with van der Waals surface area (Å²) in [5, 5.41) is 3.02. The van der Waals surface area contributed by atoms with Gasteiger partial charge in [0.25, 0.3) is 5.91 Å². The summed E-state index contributed by atoms with van der Waals surface area (Å²) in [5.74, 6) is -0.529. The van der Waals surface area contributed by atoms with Gasteiger partial charge < -0.3 is 15.0 Å². The van der Waals surface area contributed by atoms with Gasteiger partial charge in [-0.3, -0.25) is 14.0 Å². The van der Waals surface area contributed by atoms with Crippen molar-refractivity contribution in [2.45, 2.75) is 66.1 Å². The molecule has 0 spiro atoms. The van der Waals surface area contributed by atoms with Crippen molar-refractivity contribution >= 4 is 29.0 Å². The molecule has 1 aromatic carbocycles. The number of hydrogen-bond acceptors (Lipinski definition) is 6. The summed E-state index contributed by atoms with van der Waals surface area (Å²) >= 11 is 0. The highest BCUT2D eigenvalue weighted by atomic mass is 19.1. The number of nitrogens with zero attached hydrogens (tertiary/aromatic N) is 3. The van der Waals surface area contributed by atoms with E-state index in [1.54, 1.807) is 53.0 Å². The maximum absolute atomic E-state index is 14.5. The standard InChI is InChI=1S/C25H30FN5O4.C2H6.2H2/c1-16-5-6-21(20(26)13-16)28-22-19(14-17-7-10-27-15-31(17)22)23(32)29-35-18-8-11-30(12-9-18)24(33)34-25(2,3)4;1-2;;/h5-7,10,13-15,18,28H,8-9,11-12H2,1-4H3,(H,29,32);1-2H3;2*1H. The van der Waals surface area contributed by atoms with E-state index in [9.17, 15) is 14.0 Å². The quantitative estimate of drug-likeness (QED) is 0.397. The number of hydrogen-bond donors (Lipinski definition) is 2. The molecule has 3 aromatic rings. The van der Waals surface area contributed by atoms with Crippen molar-refractivity contribution in [1.29, 1.82) is 0 Å². The van der Waals surface area contributed by atoms with E-state index in [0.717, 1.165) is 5.56 Å². The second kappa shape index (κ2) is 12.1. The Kier molecular flexibility index (Phi) is 9.09. The van der Waals surface area contributed by atoms with Gasteiger partial charge in [-0.25, -0.2) is 19.6 Å². The van der Waals surface area contributed by atoms with E-state index in [1.165, 1.54) is 6.07 Å². The Hall–Kier alpha value is -3.66. The van der Waals surface area contributed by atoms with Crippen molar-refractivity contribution in [2.75, 3.05) is 18.4 Å². The highest BCUT2D eigenvalue weighted by Crippen LogP contribution is 2.27. The minimum absolute atomic E-state index is 0. The molecule has 1 saturated heterocycles. The van der Waals surface area contributed by atoms with Crippen LogP contribution in [0.2, 0.25) is 0 Å². The number of carbonyl (C=O) groups is 2. The molecule has 10 heteroatoms. The number of benzene rings is 1. The third-order valence-electron chi connectivity index (χ3n) is 5.61. The molecule has 0 saturated carbocycles. The van der Waals surface area contributed by atoms with E-state index < -0.39 is 17.3 Å². The van der Waals surface area contributed by atoms with Crippen LogP contribution >= 0.6 is 0 Å². The monoisotopic (exact) mass is 517 g/mol. The molecule has 0 atom stereocenters. The maximum Gasteiger partial charge on any atom is 0.410 e. The number of aromatic nitrogens is 2. The minimum atomic E-state index is -0.553. The molecular formula is C27H40FN5O4. The van der Waals surface area contributed by atoms with Crippen molar-refractivity contribution < 1.29 is 26.4 Å². The number of fused-ring (bicyclic) bond motifs is 1. The Labute approximate surface area is 219 Å². The van der Waals surface area contributed by atoms with Crippen LogP contribution in [-0.2, 0) is 9.57 Å². The predicted molar refractivity (Wildman–Crippen MR) is 145 cm³/mol. The largest absolute Gasteiger partial charge is 0.444 e. The summed E-state index contributed by atoms with van der Waals surface area (Å²) in [4.78, 5) is 36.7. The Balaban J connectivity index is 0.00000186. The first-order valence-corrected chi connectivity index (χ1v) is 12.5. The molecule has 9 nitrogen and oxygen atoms in total. The number of piperidine rings is 1. The molecule has 0 bridgehead atoms. The number of anilines is 2. The lowest BCUT2D eigenvalue weighted by molar-refractivity contribution is -0.0466. The molecule has 3 heterocycles. The third kappa shape index (κ3) is 7.19. The van der Waals surface area contributed by atoms with Crippen molar-refractivity contribution in [3.05, 3.63) is 59.8 Å². The Morgan fingerprint density at radius 3 is 2.49 bits per heavy atom. The van der Waals surface area contributed by atoms with Gasteiger partial charge in [0.05, 0.1) is 22.9 Å². The summed E-state index contributed by atoms with van der Waals surface area (Å²) in [7, 11) is 0. The Morgan fingerprint density at radius 1 is 1.14 bits per heavy atom. The third-order valence-corrected chi connectivity index (χ3v) is 5.61. The predicted octanol–water partition coefficient (Wildman–Crippen LogP) is 6.10. The van der Waals surface area contributed by atoms with Gasteiger partial charge in [0.15, 0.2) is 0 Å². The van der Waals surface area contributed by atoms with Gasteiger partial charge >= 0.3 is 6.09 Å². The van der Waals surface area contributed by atoms with E-state index in [1.807, 2.05) is 34.6 Å². The van der Waals surface area contributed by atoms with Crippen molar-refractivity contribution in [1.82, 2.24) is 19.8 Å². The number of amides is 2. The number of hydroxylamine groups is 1. The lowest BCUT2D eigenvalue weighted by Crippen LogP contribution is -2.44.